The van der Waals surface area contributed by atoms with Gasteiger partial charge in [0.1, 0.15) is 11.5 Å². The summed E-state index contributed by atoms with van der Waals surface area (Å²) in [6.07, 6.45) is 12.5. The molecule has 0 saturated carbocycles. The highest BCUT2D eigenvalue weighted by Gasteiger charge is 2.04. The maximum absolute atomic E-state index is 8.81. The van der Waals surface area contributed by atoms with Crippen molar-refractivity contribution < 1.29 is 19.7 Å². The van der Waals surface area contributed by atoms with E-state index >= 15 is 0 Å². The Morgan fingerprint density at radius 3 is 1.54 bits per heavy atom. The second-order valence-corrected chi connectivity index (χ2v) is 8.73. The van der Waals surface area contributed by atoms with Gasteiger partial charge in [-0.1, -0.05) is 25.0 Å². The Balaban J connectivity index is 1.41. The summed E-state index contributed by atoms with van der Waals surface area (Å²) in [5.41, 5.74) is 3.21. The second-order valence-electron chi connectivity index (χ2n) is 8.73. The van der Waals surface area contributed by atoms with Crippen molar-refractivity contribution in [2.75, 3.05) is 26.4 Å². The lowest BCUT2D eigenvalue weighted by Crippen LogP contribution is -1.98. The van der Waals surface area contributed by atoms with E-state index in [4.69, 9.17) is 19.7 Å². The zero-order chi connectivity index (χ0) is 24.6. The van der Waals surface area contributed by atoms with Gasteiger partial charge in [0.25, 0.3) is 0 Å². The molecule has 0 fully saturated rings. The average molecular weight is 479 g/mol. The van der Waals surface area contributed by atoms with Crippen molar-refractivity contribution in [3.05, 3.63) is 72.1 Å². The molecule has 1 heterocycles. The van der Waals surface area contributed by atoms with Gasteiger partial charge in [-0.3, -0.25) is 0 Å². The minimum absolute atomic E-state index is 0.266. The Kier molecular flexibility index (Phi) is 12.1. The lowest BCUT2D eigenvalue weighted by molar-refractivity contribution is 0.273. The van der Waals surface area contributed by atoms with Crippen LogP contribution in [0.4, 0.5) is 0 Å². The molecule has 3 rings (SSSR count). The van der Waals surface area contributed by atoms with E-state index in [1.807, 2.05) is 48.8 Å². The molecule has 0 amide bonds. The number of aliphatic hydroxyl groups excluding tert-OH is 2. The number of hydrogen-bond acceptors (Lipinski definition) is 6. The van der Waals surface area contributed by atoms with E-state index in [1.54, 1.807) is 0 Å². The minimum atomic E-state index is 0.266. The number of nitrogens with zero attached hydrogens (tertiary/aromatic N) is 2. The standard InChI is InChI=1S/C29H38N2O4/c32-17-5-1-3-7-19-34-27-13-9-24(10-14-27)21-25-22-30-29(31-23-25)26-11-15-28(16-12-26)35-20-8-4-2-6-18-33/h9-16,22-23,32-33H,1-8,17-21H2. The van der Waals surface area contributed by atoms with E-state index in [0.717, 1.165) is 80.4 Å². The normalized spacial score (nSPS) is 10.9. The first-order valence-electron chi connectivity index (χ1n) is 12.8. The highest BCUT2D eigenvalue weighted by atomic mass is 16.5. The molecule has 0 radical (unpaired) electrons. The van der Waals surface area contributed by atoms with Crippen LogP contribution in [0.3, 0.4) is 0 Å². The summed E-state index contributed by atoms with van der Waals surface area (Å²) < 4.78 is 11.6. The third-order valence-corrected chi connectivity index (χ3v) is 5.79. The molecule has 6 heteroatoms. The van der Waals surface area contributed by atoms with Crippen LogP contribution in [-0.4, -0.2) is 46.6 Å². The van der Waals surface area contributed by atoms with Crippen molar-refractivity contribution in [2.24, 2.45) is 0 Å². The maximum Gasteiger partial charge on any atom is 0.159 e. The molecule has 188 valence electrons. The average Bonchev–Trinajstić information content (AvgIpc) is 2.90. The van der Waals surface area contributed by atoms with Gasteiger partial charge < -0.3 is 19.7 Å². The summed E-state index contributed by atoms with van der Waals surface area (Å²) >= 11 is 0. The summed E-state index contributed by atoms with van der Waals surface area (Å²) in [4.78, 5) is 9.11. The predicted molar refractivity (Wildman–Crippen MR) is 139 cm³/mol. The molecule has 0 aliphatic heterocycles. The zero-order valence-electron chi connectivity index (χ0n) is 20.6. The molecule has 2 N–H and O–H groups in total. The fourth-order valence-corrected chi connectivity index (χ4v) is 3.75. The summed E-state index contributed by atoms with van der Waals surface area (Å²) in [5.74, 6) is 2.44. The maximum atomic E-state index is 8.81. The molecule has 0 atom stereocenters. The van der Waals surface area contributed by atoms with E-state index in [2.05, 4.69) is 22.1 Å². The van der Waals surface area contributed by atoms with Gasteiger partial charge in [0.15, 0.2) is 5.82 Å². The molecule has 2 aromatic carbocycles. The Morgan fingerprint density at radius 2 is 1.03 bits per heavy atom. The molecule has 0 bridgehead atoms. The smallest absolute Gasteiger partial charge is 0.159 e. The van der Waals surface area contributed by atoms with Crippen LogP contribution in [0.15, 0.2) is 60.9 Å². The van der Waals surface area contributed by atoms with Crippen LogP contribution >= 0.6 is 0 Å². The van der Waals surface area contributed by atoms with E-state index in [-0.39, 0.29) is 13.2 Å². The molecule has 0 aliphatic carbocycles. The lowest BCUT2D eigenvalue weighted by Gasteiger charge is -2.08. The summed E-state index contributed by atoms with van der Waals surface area (Å²) in [7, 11) is 0. The van der Waals surface area contributed by atoms with E-state index in [1.165, 1.54) is 5.56 Å². The van der Waals surface area contributed by atoms with Crippen molar-refractivity contribution in [3.8, 4) is 22.9 Å². The van der Waals surface area contributed by atoms with Crippen LogP contribution < -0.4 is 9.47 Å². The van der Waals surface area contributed by atoms with Crippen molar-refractivity contribution in [3.63, 3.8) is 0 Å². The quantitative estimate of drug-likeness (QED) is 0.246. The van der Waals surface area contributed by atoms with Crippen LogP contribution in [0.5, 0.6) is 11.5 Å². The topological polar surface area (TPSA) is 84.7 Å². The molecule has 0 saturated heterocycles. The molecule has 6 nitrogen and oxygen atoms in total. The summed E-state index contributed by atoms with van der Waals surface area (Å²) in [6, 6.07) is 16.1. The fourth-order valence-electron chi connectivity index (χ4n) is 3.75. The van der Waals surface area contributed by atoms with Crippen LogP contribution in [0.1, 0.15) is 62.5 Å². The monoisotopic (exact) mass is 478 g/mol. The van der Waals surface area contributed by atoms with Crippen LogP contribution in [-0.2, 0) is 6.42 Å². The van der Waals surface area contributed by atoms with Gasteiger partial charge >= 0.3 is 0 Å². The molecule has 0 unspecified atom stereocenters. The third-order valence-electron chi connectivity index (χ3n) is 5.79. The molecule has 1 aromatic heterocycles. The molecular formula is C29H38N2O4. The Labute approximate surface area is 209 Å². The number of aromatic nitrogens is 2. The van der Waals surface area contributed by atoms with Crippen LogP contribution in [0.25, 0.3) is 11.4 Å². The van der Waals surface area contributed by atoms with Gasteiger partial charge in [-0.05, 0) is 86.1 Å². The van der Waals surface area contributed by atoms with E-state index in [0.29, 0.717) is 19.0 Å². The number of ether oxygens (including phenoxy) is 2. The molecule has 35 heavy (non-hydrogen) atoms. The molecule has 0 aliphatic rings. The van der Waals surface area contributed by atoms with Gasteiger partial charge in [0.2, 0.25) is 0 Å². The Hall–Kier alpha value is -2.96. The number of aliphatic hydroxyl groups is 2. The Morgan fingerprint density at radius 1 is 0.543 bits per heavy atom. The van der Waals surface area contributed by atoms with Crippen molar-refractivity contribution >= 4 is 0 Å². The van der Waals surface area contributed by atoms with Gasteiger partial charge in [-0.25, -0.2) is 9.97 Å². The minimum Gasteiger partial charge on any atom is -0.494 e. The highest BCUT2D eigenvalue weighted by Crippen LogP contribution is 2.21. The largest absolute Gasteiger partial charge is 0.494 e. The SMILES string of the molecule is OCCCCCCOc1ccc(Cc2cnc(-c3ccc(OCCCCCCO)cc3)nc2)cc1. The lowest BCUT2D eigenvalue weighted by atomic mass is 10.1. The van der Waals surface area contributed by atoms with Crippen molar-refractivity contribution in [1.82, 2.24) is 9.97 Å². The molecular weight excluding hydrogens is 440 g/mol. The van der Waals surface area contributed by atoms with E-state index < -0.39 is 0 Å². The van der Waals surface area contributed by atoms with Gasteiger partial charge in [-0.2, -0.15) is 0 Å². The first kappa shape index (κ1) is 26.6. The number of unbranched alkanes of at least 4 members (excludes halogenated alkanes) is 6. The number of hydrogen-bond donors (Lipinski definition) is 2. The first-order chi connectivity index (χ1) is 17.3. The van der Waals surface area contributed by atoms with Gasteiger partial charge in [-0.15, -0.1) is 0 Å². The zero-order valence-corrected chi connectivity index (χ0v) is 20.6. The second kappa shape index (κ2) is 15.8. The molecule has 3 aromatic rings. The van der Waals surface area contributed by atoms with Gasteiger partial charge in [0.05, 0.1) is 13.2 Å². The van der Waals surface area contributed by atoms with Crippen molar-refractivity contribution in [2.45, 2.75) is 57.8 Å². The van der Waals surface area contributed by atoms with Crippen LogP contribution in [0.2, 0.25) is 0 Å². The molecule has 0 spiro atoms. The summed E-state index contributed by atoms with van der Waals surface area (Å²) in [5, 5.41) is 17.6. The number of benzene rings is 2. The Bertz CT molecular complexity index is 944. The highest BCUT2D eigenvalue weighted by molar-refractivity contribution is 5.56. The third kappa shape index (κ3) is 10.0. The fraction of sp³-hybridized carbons (Fsp3) is 0.448. The van der Waals surface area contributed by atoms with E-state index in [9.17, 15) is 0 Å². The van der Waals surface area contributed by atoms with Gasteiger partial charge in [0, 0.05) is 37.6 Å². The number of rotatable bonds is 17. The summed E-state index contributed by atoms with van der Waals surface area (Å²) in [6.45, 7) is 1.93. The first-order valence-corrected chi connectivity index (χ1v) is 12.8. The van der Waals surface area contributed by atoms with Crippen molar-refractivity contribution in [1.29, 1.82) is 0 Å². The van der Waals surface area contributed by atoms with Crippen LogP contribution in [0, 0.1) is 0 Å². The predicted octanol–water partition coefficient (Wildman–Crippen LogP) is 5.60.